The van der Waals surface area contributed by atoms with Gasteiger partial charge < -0.3 is 10.2 Å². The molecule has 1 aromatic carbocycles. The fourth-order valence-corrected chi connectivity index (χ4v) is 3.78. The SMILES string of the molecule is O=C1CCC(c2c(N3CCNCC3)ccc3c2C(=O)NC3=O)C(=O)N1. The molecule has 2 saturated heterocycles. The molecule has 3 aliphatic rings. The molecule has 1 unspecified atom stereocenters. The number of nitrogens with zero attached hydrogens (tertiary/aromatic N) is 1. The molecule has 4 amide bonds. The van der Waals surface area contributed by atoms with Crippen molar-refractivity contribution in [1.82, 2.24) is 16.0 Å². The summed E-state index contributed by atoms with van der Waals surface area (Å²) in [5, 5.41) is 7.93. The molecule has 0 aliphatic carbocycles. The number of rotatable bonds is 2. The van der Waals surface area contributed by atoms with E-state index in [4.69, 9.17) is 0 Å². The van der Waals surface area contributed by atoms with Gasteiger partial charge in [0.05, 0.1) is 17.0 Å². The van der Waals surface area contributed by atoms with Crippen LogP contribution in [0.1, 0.15) is 45.0 Å². The van der Waals surface area contributed by atoms with Crippen molar-refractivity contribution in [3.8, 4) is 0 Å². The fourth-order valence-electron chi connectivity index (χ4n) is 3.78. The molecule has 3 heterocycles. The summed E-state index contributed by atoms with van der Waals surface area (Å²) in [7, 11) is 0. The molecule has 8 nitrogen and oxygen atoms in total. The lowest BCUT2D eigenvalue weighted by Crippen LogP contribution is -2.45. The number of hydrogen-bond donors (Lipinski definition) is 3. The van der Waals surface area contributed by atoms with Crippen LogP contribution in [0.3, 0.4) is 0 Å². The maximum absolute atomic E-state index is 12.4. The van der Waals surface area contributed by atoms with E-state index in [-0.39, 0.29) is 17.9 Å². The number of fused-ring (bicyclic) bond motifs is 1. The van der Waals surface area contributed by atoms with Crippen LogP contribution in [0, 0.1) is 0 Å². The zero-order valence-corrected chi connectivity index (χ0v) is 13.6. The summed E-state index contributed by atoms with van der Waals surface area (Å²) in [6, 6.07) is 3.45. The molecule has 2 fully saturated rings. The lowest BCUT2D eigenvalue weighted by molar-refractivity contribution is -0.134. The summed E-state index contributed by atoms with van der Waals surface area (Å²) in [4.78, 5) is 50.5. The van der Waals surface area contributed by atoms with E-state index in [1.165, 1.54) is 0 Å². The molecule has 4 rings (SSSR count). The van der Waals surface area contributed by atoms with Crippen LogP contribution in [0.25, 0.3) is 0 Å². The van der Waals surface area contributed by atoms with E-state index < -0.39 is 23.6 Å². The second kappa shape index (κ2) is 5.96. The van der Waals surface area contributed by atoms with E-state index >= 15 is 0 Å². The second-order valence-electron chi connectivity index (χ2n) is 6.44. The molecular formula is C17H18N4O4. The Balaban J connectivity index is 1.86. The summed E-state index contributed by atoms with van der Waals surface area (Å²) in [6.45, 7) is 3.09. The molecular weight excluding hydrogens is 324 g/mol. The average molecular weight is 342 g/mol. The fraction of sp³-hybridized carbons (Fsp3) is 0.412. The van der Waals surface area contributed by atoms with E-state index in [9.17, 15) is 19.2 Å². The standard InChI is InChI=1S/C17H18N4O4/c22-12-4-2-9(15(23)19-12)13-11(21-7-5-18-6-8-21)3-1-10-14(13)17(25)20-16(10)24/h1,3,9,18H,2,4-8H2,(H,19,22,23)(H,20,24,25). The van der Waals surface area contributed by atoms with Crippen LogP contribution in [-0.4, -0.2) is 49.8 Å². The highest BCUT2D eigenvalue weighted by molar-refractivity contribution is 6.23. The monoisotopic (exact) mass is 342 g/mol. The summed E-state index contributed by atoms with van der Waals surface area (Å²) >= 11 is 0. The van der Waals surface area contributed by atoms with E-state index in [0.717, 1.165) is 31.9 Å². The van der Waals surface area contributed by atoms with Crippen molar-refractivity contribution in [3.05, 3.63) is 28.8 Å². The minimum Gasteiger partial charge on any atom is -0.369 e. The van der Waals surface area contributed by atoms with Gasteiger partial charge in [-0.25, -0.2) is 0 Å². The van der Waals surface area contributed by atoms with Gasteiger partial charge in [0.2, 0.25) is 11.8 Å². The molecule has 3 aliphatic heterocycles. The van der Waals surface area contributed by atoms with Gasteiger partial charge in [-0.3, -0.25) is 29.8 Å². The van der Waals surface area contributed by atoms with Gasteiger partial charge in [-0.15, -0.1) is 0 Å². The lowest BCUT2D eigenvalue weighted by atomic mass is 9.84. The summed E-state index contributed by atoms with van der Waals surface area (Å²) < 4.78 is 0. The Hall–Kier alpha value is -2.74. The average Bonchev–Trinajstić information content (AvgIpc) is 2.90. The highest BCUT2D eigenvalue weighted by atomic mass is 16.2. The van der Waals surface area contributed by atoms with Crippen LogP contribution in [0.2, 0.25) is 0 Å². The maximum Gasteiger partial charge on any atom is 0.259 e. The molecule has 130 valence electrons. The van der Waals surface area contributed by atoms with Crippen molar-refractivity contribution in [2.45, 2.75) is 18.8 Å². The Kier molecular flexibility index (Phi) is 3.76. The van der Waals surface area contributed by atoms with Crippen LogP contribution in [0.5, 0.6) is 0 Å². The van der Waals surface area contributed by atoms with Crippen molar-refractivity contribution in [2.75, 3.05) is 31.1 Å². The number of piperazine rings is 1. The largest absolute Gasteiger partial charge is 0.369 e. The van der Waals surface area contributed by atoms with Gasteiger partial charge in [0.25, 0.3) is 11.8 Å². The molecule has 1 aromatic rings. The first kappa shape index (κ1) is 15.8. The topological polar surface area (TPSA) is 108 Å². The summed E-state index contributed by atoms with van der Waals surface area (Å²) in [5.41, 5.74) is 1.92. The molecule has 1 atom stereocenters. The summed E-state index contributed by atoms with van der Waals surface area (Å²) in [5.74, 6) is -2.25. The maximum atomic E-state index is 12.4. The van der Waals surface area contributed by atoms with Crippen molar-refractivity contribution >= 4 is 29.3 Å². The quantitative estimate of drug-likeness (QED) is 0.626. The van der Waals surface area contributed by atoms with Crippen molar-refractivity contribution < 1.29 is 19.2 Å². The number of carbonyl (C=O) groups excluding carboxylic acids is 4. The first-order chi connectivity index (χ1) is 12.1. The molecule has 0 spiro atoms. The molecule has 25 heavy (non-hydrogen) atoms. The predicted octanol–water partition coefficient (Wildman–Crippen LogP) is -0.500. The third kappa shape index (κ3) is 2.58. The number of anilines is 1. The minimum atomic E-state index is -0.616. The first-order valence-corrected chi connectivity index (χ1v) is 8.38. The van der Waals surface area contributed by atoms with Crippen LogP contribution in [0.15, 0.2) is 12.1 Å². The third-order valence-corrected chi connectivity index (χ3v) is 4.97. The molecule has 0 radical (unpaired) electrons. The number of piperidine rings is 1. The number of imide groups is 2. The van der Waals surface area contributed by atoms with Crippen LogP contribution in [0.4, 0.5) is 5.69 Å². The van der Waals surface area contributed by atoms with Gasteiger partial charge in [-0.05, 0) is 18.6 Å². The number of hydrogen-bond acceptors (Lipinski definition) is 6. The Morgan fingerprint density at radius 3 is 2.44 bits per heavy atom. The smallest absolute Gasteiger partial charge is 0.259 e. The zero-order valence-electron chi connectivity index (χ0n) is 13.6. The highest BCUT2D eigenvalue weighted by Crippen LogP contribution is 2.38. The van der Waals surface area contributed by atoms with Crippen molar-refractivity contribution in [3.63, 3.8) is 0 Å². The summed E-state index contributed by atoms with van der Waals surface area (Å²) in [6.07, 6.45) is 0.554. The molecule has 0 bridgehead atoms. The van der Waals surface area contributed by atoms with E-state index in [1.807, 2.05) is 0 Å². The number of amides is 4. The molecule has 0 saturated carbocycles. The Bertz CT molecular complexity index is 798. The molecule has 8 heteroatoms. The predicted molar refractivity (Wildman–Crippen MR) is 88.4 cm³/mol. The minimum absolute atomic E-state index is 0.219. The molecule has 3 N–H and O–H groups in total. The third-order valence-electron chi connectivity index (χ3n) is 4.97. The lowest BCUT2D eigenvalue weighted by Gasteiger charge is -2.34. The van der Waals surface area contributed by atoms with E-state index in [2.05, 4.69) is 20.9 Å². The van der Waals surface area contributed by atoms with Gasteiger partial charge >= 0.3 is 0 Å². The van der Waals surface area contributed by atoms with Gasteiger partial charge in [0.15, 0.2) is 0 Å². The van der Waals surface area contributed by atoms with Crippen LogP contribution in [-0.2, 0) is 9.59 Å². The number of nitrogens with one attached hydrogen (secondary N) is 3. The zero-order chi connectivity index (χ0) is 17.6. The highest BCUT2D eigenvalue weighted by Gasteiger charge is 2.39. The van der Waals surface area contributed by atoms with Crippen LogP contribution >= 0.6 is 0 Å². The van der Waals surface area contributed by atoms with E-state index in [1.54, 1.807) is 12.1 Å². The normalized spacial score (nSPS) is 23.4. The van der Waals surface area contributed by atoms with Crippen LogP contribution < -0.4 is 20.9 Å². The Labute approximate surface area is 143 Å². The molecule has 0 aromatic heterocycles. The number of carbonyl (C=O) groups is 4. The van der Waals surface area contributed by atoms with Gasteiger partial charge in [-0.1, -0.05) is 0 Å². The Morgan fingerprint density at radius 1 is 0.960 bits per heavy atom. The van der Waals surface area contributed by atoms with Crippen molar-refractivity contribution in [2.24, 2.45) is 0 Å². The van der Waals surface area contributed by atoms with Gasteiger partial charge in [-0.2, -0.15) is 0 Å². The van der Waals surface area contributed by atoms with E-state index in [0.29, 0.717) is 17.5 Å². The van der Waals surface area contributed by atoms with Crippen molar-refractivity contribution in [1.29, 1.82) is 0 Å². The second-order valence-corrected chi connectivity index (χ2v) is 6.44. The van der Waals surface area contributed by atoms with Gasteiger partial charge in [0, 0.05) is 43.9 Å². The Morgan fingerprint density at radius 2 is 1.72 bits per heavy atom. The number of benzene rings is 1. The van der Waals surface area contributed by atoms with Gasteiger partial charge in [0.1, 0.15) is 0 Å². The first-order valence-electron chi connectivity index (χ1n) is 8.38.